The largest absolute Gasteiger partial charge is 1.00 e. The molecule has 0 saturated carbocycles. The molecule has 3 N–H and O–H groups in total. The van der Waals surface area contributed by atoms with Gasteiger partial charge in [-0.25, -0.2) is 16.8 Å². The third-order valence-electron chi connectivity index (χ3n) is 4.72. The van der Waals surface area contributed by atoms with Crippen LogP contribution in [0.25, 0.3) is 21.5 Å². The van der Waals surface area contributed by atoms with Crippen LogP contribution in [0, 0.1) is 0 Å². The zero-order valence-corrected chi connectivity index (χ0v) is 23.6. The van der Waals surface area contributed by atoms with Gasteiger partial charge in [-0.15, -0.1) is 10.2 Å². The smallest absolute Gasteiger partial charge is 0.744 e. The Kier molecular flexibility index (Phi) is 8.92. The molecular weight excluding hydrogens is 504 g/mol. The van der Waals surface area contributed by atoms with Crippen molar-refractivity contribution in [1.29, 1.82) is 0 Å². The van der Waals surface area contributed by atoms with Crippen molar-refractivity contribution in [2.24, 2.45) is 10.2 Å². The molecule has 0 aliphatic rings. The van der Waals surface area contributed by atoms with Crippen molar-refractivity contribution >= 4 is 58.8 Å². The molecule has 0 unspecified atom stereocenters. The summed E-state index contributed by atoms with van der Waals surface area (Å²) >= 11 is 0. The summed E-state index contributed by atoms with van der Waals surface area (Å²) in [6.07, 6.45) is 0. The molecule has 0 saturated heterocycles. The molecule has 0 heterocycles. The zero-order chi connectivity index (χ0) is 23.3. The van der Waals surface area contributed by atoms with E-state index in [4.69, 9.17) is 5.73 Å². The first-order chi connectivity index (χ1) is 14.9. The molecule has 0 aliphatic carbocycles. The fraction of sp³-hybridized carbons (Fsp3) is 0. The molecule has 10 nitrogen and oxygen atoms in total. The Labute approximate surface area is 239 Å². The number of nitrogen functional groups attached to an aromatic ring is 1. The van der Waals surface area contributed by atoms with Gasteiger partial charge >= 0.3 is 59.1 Å². The first kappa shape index (κ1) is 28.7. The summed E-state index contributed by atoms with van der Waals surface area (Å²) in [5.41, 5.74) is 5.48. The molecule has 14 heteroatoms. The Morgan fingerprint density at radius 2 is 1.47 bits per heavy atom. The second-order valence-electron chi connectivity index (χ2n) is 6.82. The standard InChI is InChI=1S/C20H15N3O7S2.2Na/c21-13-5-7-15-12(8-13)9-18(32(28,29)30)19(20(15)24)23-22-17-3-1-2-11-4-6-14(10-16(11)17)31(25,26)27;;/h1-10,24H,21H2,(H,25,26,27)(H,28,29,30);;/q;2*+1/p-2. The number of rotatable bonds is 4. The summed E-state index contributed by atoms with van der Waals surface area (Å²) in [7, 11) is -9.79. The van der Waals surface area contributed by atoms with Gasteiger partial charge in [-0.1, -0.05) is 18.2 Å². The van der Waals surface area contributed by atoms with Gasteiger partial charge in [0.1, 0.15) is 25.9 Å². The van der Waals surface area contributed by atoms with Crippen molar-refractivity contribution in [3.8, 4) is 5.75 Å². The van der Waals surface area contributed by atoms with Gasteiger partial charge in [0.15, 0.2) is 5.75 Å². The summed E-state index contributed by atoms with van der Waals surface area (Å²) < 4.78 is 69.5. The Bertz CT molecular complexity index is 1660. The zero-order valence-electron chi connectivity index (χ0n) is 18.0. The van der Waals surface area contributed by atoms with Gasteiger partial charge in [0.25, 0.3) is 0 Å². The summed E-state index contributed by atoms with van der Waals surface area (Å²) in [6.45, 7) is 0. The number of nitrogens with zero attached hydrogens (tertiary/aromatic N) is 2. The van der Waals surface area contributed by atoms with Gasteiger partial charge in [-0.3, -0.25) is 0 Å². The van der Waals surface area contributed by atoms with Gasteiger partial charge in [-0.2, -0.15) is 0 Å². The normalized spacial score (nSPS) is 11.9. The van der Waals surface area contributed by atoms with E-state index >= 15 is 0 Å². The molecule has 0 atom stereocenters. The van der Waals surface area contributed by atoms with E-state index < -0.39 is 41.5 Å². The van der Waals surface area contributed by atoms with Gasteiger partial charge in [0.2, 0.25) is 0 Å². The number of hydrogen-bond donors (Lipinski definition) is 2. The SMILES string of the molecule is Nc1ccc2c(O)c(N=Nc3cccc4ccc(S(=O)(=O)[O-])cc34)c(S(=O)(=O)[O-])cc2c1.[Na+].[Na+]. The van der Waals surface area contributed by atoms with Crippen LogP contribution in [0.3, 0.4) is 0 Å². The van der Waals surface area contributed by atoms with Crippen LogP contribution in [0.15, 0.2) is 80.7 Å². The minimum Gasteiger partial charge on any atom is -0.744 e. The van der Waals surface area contributed by atoms with Crippen molar-refractivity contribution in [3.63, 3.8) is 0 Å². The number of phenols is 1. The van der Waals surface area contributed by atoms with Gasteiger partial charge in [0, 0.05) is 16.5 Å². The second kappa shape index (κ2) is 10.6. The number of benzene rings is 4. The number of phenolic OH excluding ortho intramolecular Hbond substituents is 1. The number of nitrogens with two attached hydrogens (primary N) is 1. The van der Waals surface area contributed by atoms with Crippen LogP contribution in [0.1, 0.15) is 0 Å². The fourth-order valence-electron chi connectivity index (χ4n) is 3.24. The Hall–Kier alpha value is -1.58. The van der Waals surface area contributed by atoms with Crippen LogP contribution >= 0.6 is 0 Å². The average molecular weight is 517 g/mol. The molecule has 0 aromatic heterocycles. The van der Waals surface area contributed by atoms with Crippen molar-refractivity contribution < 1.29 is 90.2 Å². The van der Waals surface area contributed by atoms with Crippen LogP contribution in [0.2, 0.25) is 0 Å². The molecule has 4 rings (SSSR count). The first-order valence-corrected chi connectivity index (χ1v) is 11.7. The van der Waals surface area contributed by atoms with E-state index in [1.807, 2.05) is 0 Å². The molecule has 4 aromatic rings. The summed E-state index contributed by atoms with van der Waals surface area (Å²) in [4.78, 5) is -1.29. The van der Waals surface area contributed by atoms with Crippen molar-refractivity contribution in [1.82, 2.24) is 0 Å². The van der Waals surface area contributed by atoms with E-state index in [0.29, 0.717) is 11.1 Å². The van der Waals surface area contributed by atoms with E-state index in [-0.39, 0.29) is 81.0 Å². The Morgan fingerprint density at radius 3 is 2.12 bits per heavy atom. The van der Waals surface area contributed by atoms with E-state index in [0.717, 1.165) is 18.2 Å². The van der Waals surface area contributed by atoms with Gasteiger partial charge in [-0.05, 0) is 53.2 Å². The Morgan fingerprint density at radius 1 is 0.765 bits per heavy atom. The van der Waals surface area contributed by atoms with E-state index in [1.54, 1.807) is 12.1 Å². The van der Waals surface area contributed by atoms with Crippen LogP contribution in [0.4, 0.5) is 17.1 Å². The minimum absolute atomic E-state index is 0. The van der Waals surface area contributed by atoms with Crippen molar-refractivity contribution in [3.05, 3.63) is 60.7 Å². The quantitative estimate of drug-likeness (QED) is 0.129. The minimum atomic E-state index is -5.06. The summed E-state index contributed by atoms with van der Waals surface area (Å²) in [6, 6.07) is 13.7. The molecule has 0 amide bonds. The molecular formula is C20H13N3Na2O7S2. The molecule has 0 spiro atoms. The van der Waals surface area contributed by atoms with Crippen LogP contribution in [0.5, 0.6) is 5.75 Å². The molecule has 0 bridgehead atoms. The fourth-order valence-corrected chi connectivity index (χ4v) is 4.38. The molecule has 164 valence electrons. The molecule has 0 radical (unpaired) electrons. The topological polar surface area (TPSA) is 185 Å². The van der Waals surface area contributed by atoms with Gasteiger partial charge in [0.05, 0.1) is 15.5 Å². The predicted molar refractivity (Wildman–Crippen MR) is 114 cm³/mol. The number of hydrogen-bond acceptors (Lipinski definition) is 10. The molecule has 4 aromatic carbocycles. The number of aromatic hydroxyl groups is 1. The number of azo groups is 1. The number of anilines is 1. The van der Waals surface area contributed by atoms with E-state index in [2.05, 4.69) is 10.2 Å². The van der Waals surface area contributed by atoms with Gasteiger partial charge < -0.3 is 19.9 Å². The van der Waals surface area contributed by atoms with Crippen LogP contribution in [-0.4, -0.2) is 31.0 Å². The molecule has 0 fully saturated rings. The van der Waals surface area contributed by atoms with Crippen LogP contribution < -0.4 is 64.8 Å². The maximum atomic E-state index is 11.8. The van der Waals surface area contributed by atoms with E-state index in [9.17, 15) is 31.0 Å². The third kappa shape index (κ3) is 5.79. The predicted octanol–water partition coefficient (Wildman–Crippen LogP) is -2.49. The summed E-state index contributed by atoms with van der Waals surface area (Å²) in [5.74, 6) is -0.594. The van der Waals surface area contributed by atoms with Crippen molar-refractivity contribution in [2.45, 2.75) is 9.79 Å². The third-order valence-corrected chi connectivity index (χ3v) is 6.40. The molecule has 0 aliphatic heterocycles. The van der Waals surface area contributed by atoms with Crippen molar-refractivity contribution in [2.75, 3.05) is 5.73 Å². The Balaban J connectivity index is 0.00000204. The summed E-state index contributed by atoms with van der Waals surface area (Å²) in [5, 5.41) is 19.5. The van der Waals surface area contributed by atoms with E-state index in [1.165, 1.54) is 30.3 Å². The van der Waals surface area contributed by atoms with Crippen LogP contribution in [-0.2, 0) is 20.2 Å². The maximum absolute atomic E-state index is 11.8. The molecule has 34 heavy (non-hydrogen) atoms. The number of fused-ring (bicyclic) bond motifs is 2. The average Bonchev–Trinajstić information content (AvgIpc) is 2.71. The maximum Gasteiger partial charge on any atom is 1.00 e. The first-order valence-electron chi connectivity index (χ1n) is 8.87. The monoisotopic (exact) mass is 517 g/mol. The second-order valence-corrected chi connectivity index (χ2v) is 9.55.